The Morgan fingerprint density at radius 2 is 1.74 bits per heavy atom. The second-order valence-corrected chi connectivity index (χ2v) is 8.18. The van der Waals surface area contributed by atoms with Gasteiger partial charge in [0.15, 0.2) is 0 Å². The number of fused-ring (bicyclic) bond motifs is 1. The summed E-state index contributed by atoms with van der Waals surface area (Å²) in [5, 5.41) is 3.77. The van der Waals surface area contributed by atoms with Gasteiger partial charge in [0.2, 0.25) is 5.91 Å². The predicted octanol–water partition coefficient (Wildman–Crippen LogP) is 6.64. The lowest BCUT2D eigenvalue weighted by Crippen LogP contribution is -2.09. The number of hydrogen-bond acceptors (Lipinski definition) is 5. The zero-order chi connectivity index (χ0) is 24.9. The number of nitrogens with one attached hydrogen (secondary N) is 1. The van der Waals surface area contributed by atoms with Crippen molar-refractivity contribution >= 4 is 34.1 Å². The number of anilines is 1. The summed E-state index contributed by atoms with van der Waals surface area (Å²) in [6.07, 6.45) is 3.28. The summed E-state index contributed by atoms with van der Waals surface area (Å²) in [5.41, 5.74) is 6.48. The van der Waals surface area contributed by atoms with Crippen molar-refractivity contribution in [1.29, 1.82) is 0 Å². The second-order valence-electron chi connectivity index (χ2n) is 8.18. The SMILES string of the molecule is CCOc1cc2occ(-c3ccc(C)cc3)c2cc1/C(C)=C/C(=O)Nc1ccc(C(=O)OC)cc1. The van der Waals surface area contributed by atoms with E-state index in [1.807, 2.05) is 26.0 Å². The lowest BCUT2D eigenvalue weighted by molar-refractivity contribution is -0.111. The van der Waals surface area contributed by atoms with Gasteiger partial charge in [0.1, 0.15) is 11.3 Å². The molecule has 1 N–H and O–H groups in total. The van der Waals surface area contributed by atoms with Crippen molar-refractivity contribution in [2.75, 3.05) is 19.0 Å². The van der Waals surface area contributed by atoms with Gasteiger partial charge >= 0.3 is 5.97 Å². The molecule has 0 atom stereocenters. The van der Waals surface area contributed by atoms with E-state index in [4.69, 9.17) is 13.9 Å². The Balaban J connectivity index is 1.65. The molecular weight excluding hydrogens is 442 g/mol. The van der Waals surface area contributed by atoms with E-state index in [1.165, 1.54) is 18.7 Å². The van der Waals surface area contributed by atoms with Gasteiger partial charge in [-0.1, -0.05) is 29.8 Å². The zero-order valence-electron chi connectivity index (χ0n) is 20.2. The van der Waals surface area contributed by atoms with E-state index in [0.29, 0.717) is 23.6 Å². The number of hydrogen-bond donors (Lipinski definition) is 1. The van der Waals surface area contributed by atoms with Crippen molar-refractivity contribution in [1.82, 2.24) is 0 Å². The molecule has 0 radical (unpaired) electrons. The molecule has 0 aliphatic rings. The van der Waals surface area contributed by atoms with E-state index in [2.05, 4.69) is 36.5 Å². The van der Waals surface area contributed by atoms with Crippen molar-refractivity contribution < 1.29 is 23.5 Å². The van der Waals surface area contributed by atoms with Crippen LogP contribution in [0.5, 0.6) is 5.75 Å². The number of rotatable bonds is 7. The number of amides is 1. The summed E-state index contributed by atoms with van der Waals surface area (Å²) in [6.45, 7) is 6.32. The van der Waals surface area contributed by atoms with Crippen LogP contribution in [0, 0.1) is 6.92 Å². The van der Waals surface area contributed by atoms with E-state index in [-0.39, 0.29) is 5.91 Å². The summed E-state index contributed by atoms with van der Waals surface area (Å²) in [6, 6.07) is 18.7. The number of aryl methyl sites for hydroxylation is 1. The van der Waals surface area contributed by atoms with Crippen LogP contribution >= 0.6 is 0 Å². The highest BCUT2D eigenvalue weighted by atomic mass is 16.5. The normalized spacial score (nSPS) is 11.4. The Hall–Kier alpha value is -4.32. The van der Waals surface area contributed by atoms with Gasteiger partial charge in [-0.2, -0.15) is 0 Å². The number of carbonyl (C=O) groups excluding carboxylic acids is 2. The van der Waals surface area contributed by atoms with Crippen molar-refractivity contribution in [3.05, 3.63) is 89.7 Å². The first-order valence-corrected chi connectivity index (χ1v) is 11.3. The zero-order valence-corrected chi connectivity index (χ0v) is 20.2. The fraction of sp³-hybridized carbons (Fsp3) is 0.172. The Morgan fingerprint density at radius 1 is 1.03 bits per heavy atom. The van der Waals surface area contributed by atoms with Gasteiger partial charge in [-0.05, 0) is 62.2 Å². The molecule has 0 spiro atoms. The second kappa shape index (κ2) is 10.3. The average molecular weight is 470 g/mol. The predicted molar refractivity (Wildman–Crippen MR) is 138 cm³/mol. The molecule has 0 aliphatic heterocycles. The van der Waals surface area contributed by atoms with Crippen LogP contribution in [-0.2, 0) is 9.53 Å². The molecule has 0 saturated heterocycles. The molecule has 0 fully saturated rings. The van der Waals surface area contributed by atoms with Crippen LogP contribution in [0.4, 0.5) is 5.69 Å². The molecule has 3 aromatic carbocycles. The Kier molecular flexibility index (Phi) is 7.01. The van der Waals surface area contributed by atoms with Crippen molar-refractivity contribution in [2.24, 2.45) is 0 Å². The smallest absolute Gasteiger partial charge is 0.337 e. The number of methoxy groups -OCH3 is 1. The fourth-order valence-electron chi connectivity index (χ4n) is 3.86. The maximum absolute atomic E-state index is 12.7. The number of furan rings is 1. The van der Waals surface area contributed by atoms with Gasteiger partial charge in [0.05, 0.1) is 25.5 Å². The van der Waals surface area contributed by atoms with Gasteiger partial charge in [0, 0.05) is 34.3 Å². The van der Waals surface area contributed by atoms with Crippen LogP contribution in [0.1, 0.15) is 35.3 Å². The minimum atomic E-state index is -0.429. The molecule has 1 heterocycles. The Bertz CT molecular complexity index is 1400. The molecule has 35 heavy (non-hydrogen) atoms. The van der Waals surface area contributed by atoms with Gasteiger partial charge < -0.3 is 19.2 Å². The van der Waals surface area contributed by atoms with E-state index < -0.39 is 5.97 Å². The number of esters is 1. The number of benzene rings is 3. The fourth-order valence-corrected chi connectivity index (χ4v) is 3.86. The highest BCUT2D eigenvalue weighted by Gasteiger charge is 2.15. The topological polar surface area (TPSA) is 77.8 Å². The highest BCUT2D eigenvalue weighted by molar-refractivity contribution is 6.05. The number of carbonyl (C=O) groups is 2. The van der Waals surface area contributed by atoms with Crippen LogP contribution in [0.2, 0.25) is 0 Å². The lowest BCUT2D eigenvalue weighted by atomic mass is 9.98. The van der Waals surface area contributed by atoms with Gasteiger partial charge in [-0.25, -0.2) is 4.79 Å². The van der Waals surface area contributed by atoms with Gasteiger partial charge in [-0.3, -0.25) is 4.79 Å². The quantitative estimate of drug-likeness (QED) is 0.243. The van der Waals surface area contributed by atoms with Crippen molar-refractivity contribution in [3.8, 4) is 16.9 Å². The summed E-state index contributed by atoms with van der Waals surface area (Å²) >= 11 is 0. The Labute approximate surface area is 204 Å². The monoisotopic (exact) mass is 469 g/mol. The van der Waals surface area contributed by atoms with Crippen molar-refractivity contribution in [3.63, 3.8) is 0 Å². The van der Waals surface area contributed by atoms with E-state index in [1.54, 1.807) is 30.5 Å². The van der Waals surface area contributed by atoms with Crippen LogP contribution in [0.3, 0.4) is 0 Å². The van der Waals surface area contributed by atoms with E-state index >= 15 is 0 Å². The molecule has 0 unspecified atom stereocenters. The molecule has 4 aromatic rings. The molecule has 0 aliphatic carbocycles. The molecule has 6 nitrogen and oxygen atoms in total. The average Bonchev–Trinajstić information content (AvgIpc) is 3.27. The highest BCUT2D eigenvalue weighted by Crippen LogP contribution is 2.37. The molecule has 178 valence electrons. The summed E-state index contributed by atoms with van der Waals surface area (Å²) in [4.78, 5) is 24.3. The van der Waals surface area contributed by atoms with Gasteiger partial charge in [-0.15, -0.1) is 0 Å². The number of ether oxygens (including phenoxy) is 2. The first-order chi connectivity index (χ1) is 16.9. The van der Waals surface area contributed by atoms with Crippen LogP contribution in [-0.4, -0.2) is 25.6 Å². The van der Waals surface area contributed by atoms with Crippen LogP contribution in [0.15, 0.2) is 77.4 Å². The summed E-state index contributed by atoms with van der Waals surface area (Å²) in [5.74, 6) is -0.0719. The molecule has 6 heteroatoms. The van der Waals surface area contributed by atoms with Crippen LogP contribution < -0.4 is 10.1 Å². The molecule has 1 aromatic heterocycles. The third-order valence-corrected chi connectivity index (χ3v) is 5.68. The number of allylic oxidation sites excluding steroid dienone is 1. The minimum absolute atomic E-state index is 0.290. The Morgan fingerprint density at radius 3 is 2.40 bits per heavy atom. The van der Waals surface area contributed by atoms with Gasteiger partial charge in [0.25, 0.3) is 0 Å². The first-order valence-electron chi connectivity index (χ1n) is 11.3. The maximum atomic E-state index is 12.7. The first kappa shape index (κ1) is 23.8. The largest absolute Gasteiger partial charge is 0.493 e. The molecule has 0 bridgehead atoms. The molecule has 1 amide bonds. The van der Waals surface area contributed by atoms with Crippen molar-refractivity contribution in [2.45, 2.75) is 20.8 Å². The standard InChI is InChI=1S/C29H27NO5/c1-5-34-26-16-27-24(25(17-35-27)20-8-6-18(2)7-9-20)15-23(26)19(3)14-28(31)30-22-12-10-21(11-13-22)29(32)33-4/h6-17H,5H2,1-4H3,(H,30,31)/b19-14+. The lowest BCUT2D eigenvalue weighted by Gasteiger charge is -2.12. The summed E-state index contributed by atoms with van der Waals surface area (Å²) in [7, 11) is 1.33. The molecule has 0 saturated carbocycles. The summed E-state index contributed by atoms with van der Waals surface area (Å²) < 4.78 is 16.4. The third-order valence-electron chi connectivity index (χ3n) is 5.68. The maximum Gasteiger partial charge on any atom is 0.337 e. The molecular formula is C29H27NO5. The third kappa shape index (κ3) is 5.27. The van der Waals surface area contributed by atoms with E-state index in [0.717, 1.165) is 33.2 Å². The molecule has 4 rings (SSSR count). The van der Waals surface area contributed by atoms with E-state index in [9.17, 15) is 9.59 Å². The van der Waals surface area contributed by atoms with Crippen LogP contribution in [0.25, 0.3) is 27.7 Å². The minimum Gasteiger partial charge on any atom is -0.493 e.